The van der Waals surface area contributed by atoms with E-state index in [1.165, 1.54) is 80.2 Å². The van der Waals surface area contributed by atoms with E-state index in [0.717, 1.165) is 11.0 Å². The lowest BCUT2D eigenvalue weighted by Gasteiger charge is -2.22. The lowest BCUT2D eigenvalue weighted by molar-refractivity contribution is 0.0640. The van der Waals surface area contributed by atoms with Crippen molar-refractivity contribution >= 4 is 77.3 Å². The Morgan fingerprint density at radius 3 is 2.03 bits per heavy atom. The predicted octanol–water partition coefficient (Wildman–Crippen LogP) is 6.97. The number of phenolic OH excluding ortho intramolecular Hbond substituents is 1. The number of methoxy groups -OCH3 is 3. The normalized spacial score (nSPS) is 13.1. The number of phenols is 1. The van der Waals surface area contributed by atoms with Crippen LogP contribution in [0.5, 0.6) is 23.0 Å². The molecule has 17 nitrogen and oxygen atoms in total. The van der Waals surface area contributed by atoms with E-state index < -0.39 is 71.7 Å². The molecule has 5 aromatic rings. The average molecular weight is 866 g/mol. The van der Waals surface area contributed by atoms with Gasteiger partial charge in [-0.1, -0.05) is 49.7 Å². The highest BCUT2D eigenvalue weighted by molar-refractivity contribution is 7.89. The topological polar surface area (TPSA) is 231 Å². The van der Waals surface area contributed by atoms with Crippen molar-refractivity contribution in [2.24, 2.45) is 10.2 Å². The number of hydrogen-bond acceptors (Lipinski definition) is 13. The molecule has 1 aliphatic heterocycles. The SMILES string of the molecule is CCN(CC)S(=O)(=O)c1ccc(OC)c(N=Nc2c(O)c(C(=O)Nc3cc(Cl)c(OC)cc3OC)c(CN3C(=O)c4ccccc4C3=O)c3c(S(=O)(=O)O)cccc23)c1. The number of fused-ring (bicyclic) bond motifs is 2. The fourth-order valence-electron chi connectivity index (χ4n) is 6.68. The molecule has 1 heterocycles. The van der Waals surface area contributed by atoms with Gasteiger partial charge in [0.05, 0.1) is 60.2 Å². The second kappa shape index (κ2) is 16.6. The molecule has 3 amide bonds. The molecule has 0 aliphatic carbocycles. The highest BCUT2D eigenvalue weighted by Crippen LogP contribution is 2.47. The van der Waals surface area contributed by atoms with Gasteiger partial charge >= 0.3 is 0 Å². The van der Waals surface area contributed by atoms with Crippen LogP contribution in [0.25, 0.3) is 10.8 Å². The van der Waals surface area contributed by atoms with E-state index in [4.69, 9.17) is 25.8 Å². The third kappa shape index (κ3) is 7.77. The quantitative estimate of drug-likeness (QED) is 0.0584. The largest absolute Gasteiger partial charge is 0.505 e. The second-order valence-corrected chi connectivity index (χ2v) is 16.4. The lowest BCUT2D eigenvalue weighted by atomic mass is 9.94. The summed E-state index contributed by atoms with van der Waals surface area (Å²) in [4.78, 5) is 41.8. The first kappa shape index (κ1) is 42.5. The lowest BCUT2D eigenvalue weighted by Crippen LogP contribution is -2.30. The number of ether oxygens (including phenoxy) is 3. The van der Waals surface area contributed by atoms with Crippen LogP contribution in [0.2, 0.25) is 5.02 Å². The average Bonchev–Trinajstić information content (AvgIpc) is 3.45. The molecule has 0 radical (unpaired) electrons. The number of sulfonamides is 1. The number of aromatic hydroxyl groups is 1. The Labute approximate surface area is 343 Å². The minimum atomic E-state index is -5.15. The molecule has 0 atom stereocenters. The summed E-state index contributed by atoms with van der Waals surface area (Å²) >= 11 is 6.38. The molecule has 3 N–H and O–H groups in total. The molecule has 0 spiro atoms. The van der Waals surface area contributed by atoms with E-state index >= 15 is 0 Å². The number of imide groups is 1. The van der Waals surface area contributed by atoms with Crippen molar-refractivity contribution in [1.82, 2.24) is 9.21 Å². The highest BCUT2D eigenvalue weighted by Gasteiger charge is 2.38. The van der Waals surface area contributed by atoms with Crippen LogP contribution in [0.3, 0.4) is 0 Å². The number of carbonyl (C=O) groups is 3. The molecule has 6 rings (SSSR count). The molecule has 59 heavy (non-hydrogen) atoms. The molecular formula is C39H36ClN5O12S2. The van der Waals surface area contributed by atoms with Crippen molar-refractivity contribution in [2.75, 3.05) is 39.7 Å². The summed E-state index contributed by atoms with van der Waals surface area (Å²) in [7, 11) is -5.21. The molecule has 0 bridgehead atoms. The van der Waals surface area contributed by atoms with Gasteiger partial charge < -0.3 is 24.6 Å². The number of nitrogens with zero attached hydrogens (tertiary/aromatic N) is 4. The van der Waals surface area contributed by atoms with Gasteiger partial charge in [-0.25, -0.2) is 8.42 Å². The monoisotopic (exact) mass is 865 g/mol. The van der Waals surface area contributed by atoms with E-state index in [1.54, 1.807) is 26.0 Å². The maximum Gasteiger partial charge on any atom is 0.295 e. The van der Waals surface area contributed by atoms with Crippen molar-refractivity contribution in [2.45, 2.75) is 30.2 Å². The molecule has 20 heteroatoms. The minimum absolute atomic E-state index is 0.0363. The van der Waals surface area contributed by atoms with Crippen molar-refractivity contribution in [3.63, 3.8) is 0 Å². The number of amides is 3. The van der Waals surface area contributed by atoms with Crippen molar-refractivity contribution in [3.8, 4) is 23.0 Å². The van der Waals surface area contributed by atoms with Crippen LogP contribution in [0.15, 0.2) is 92.8 Å². The van der Waals surface area contributed by atoms with Crippen molar-refractivity contribution < 1.29 is 55.1 Å². The first-order chi connectivity index (χ1) is 28.0. The number of azo groups is 1. The second-order valence-electron chi connectivity index (χ2n) is 12.7. The van der Waals surface area contributed by atoms with Crippen LogP contribution in [0, 0.1) is 0 Å². The maximum absolute atomic E-state index is 14.6. The first-order valence-corrected chi connectivity index (χ1v) is 20.8. The van der Waals surface area contributed by atoms with Crippen molar-refractivity contribution in [3.05, 3.63) is 100 Å². The number of nitrogens with one attached hydrogen (secondary N) is 1. The molecule has 0 saturated heterocycles. The summed E-state index contributed by atoms with van der Waals surface area (Å²) in [6.07, 6.45) is 0. The Balaban J connectivity index is 1.65. The van der Waals surface area contributed by atoms with E-state index in [-0.39, 0.29) is 73.7 Å². The van der Waals surface area contributed by atoms with Crippen molar-refractivity contribution in [1.29, 1.82) is 0 Å². The zero-order valence-corrected chi connectivity index (χ0v) is 34.4. The van der Waals surface area contributed by atoms with Gasteiger partial charge in [-0.3, -0.25) is 23.8 Å². The van der Waals surface area contributed by atoms with Gasteiger partial charge in [0, 0.05) is 29.9 Å². The van der Waals surface area contributed by atoms with Gasteiger partial charge in [-0.2, -0.15) is 12.7 Å². The number of halogens is 1. The number of hydrogen-bond donors (Lipinski definition) is 3. The summed E-state index contributed by atoms with van der Waals surface area (Å²) in [5.74, 6) is -3.33. The molecule has 5 aromatic carbocycles. The number of benzene rings is 5. The summed E-state index contributed by atoms with van der Waals surface area (Å²) in [6, 6.07) is 16.0. The summed E-state index contributed by atoms with van der Waals surface area (Å²) < 4.78 is 80.8. The first-order valence-electron chi connectivity index (χ1n) is 17.6. The van der Waals surface area contributed by atoms with Crippen LogP contribution in [-0.2, 0) is 26.7 Å². The van der Waals surface area contributed by atoms with E-state index in [9.17, 15) is 40.9 Å². The highest BCUT2D eigenvalue weighted by atomic mass is 35.5. The predicted molar refractivity (Wildman–Crippen MR) is 216 cm³/mol. The Bertz CT molecular complexity index is 2780. The van der Waals surface area contributed by atoms with E-state index in [0.29, 0.717) is 0 Å². The van der Waals surface area contributed by atoms with Gasteiger partial charge in [-0.05, 0) is 48.0 Å². The molecule has 0 unspecified atom stereocenters. The smallest absolute Gasteiger partial charge is 0.295 e. The van der Waals surface area contributed by atoms with Crippen LogP contribution >= 0.6 is 11.6 Å². The van der Waals surface area contributed by atoms with Gasteiger partial charge in [0.15, 0.2) is 5.75 Å². The maximum atomic E-state index is 14.6. The van der Waals surface area contributed by atoms with Crippen LogP contribution < -0.4 is 19.5 Å². The summed E-state index contributed by atoms with van der Waals surface area (Å²) in [5.41, 5.74) is -1.73. The third-order valence-corrected chi connectivity index (χ3v) is 12.8. The Morgan fingerprint density at radius 1 is 0.831 bits per heavy atom. The van der Waals surface area contributed by atoms with Gasteiger partial charge in [0.25, 0.3) is 27.8 Å². The van der Waals surface area contributed by atoms with Gasteiger partial charge in [0.1, 0.15) is 33.5 Å². The van der Waals surface area contributed by atoms with Crippen LogP contribution in [0.1, 0.15) is 50.5 Å². The molecular weight excluding hydrogens is 830 g/mol. The van der Waals surface area contributed by atoms with Crippen LogP contribution in [0.4, 0.5) is 17.1 Å². The summed E-state index contributed by atoms with van der Waals surface area (Å²) in [5, 5.41) is 22.6. The number of rotatable bonds is 14. The Morgan fingerprint density at radius 2 is 1.46 bits per heavy atom. The fraction of sp³-hybridized carbons (Fsp3) is 0.205. The molecule has 0 saturated carbocycles. The third-order valence-electron chi connectivity index (χ3n) is 9.52. The minimum Gasteiger partial charge on any atom is -0.505 e. The summed E-state index contributed by atoms with van der Waals surface area (Å²) in [6.45, 7) is 2.90. The Hall–Kier alpha value is -6.12. The van der Waals surface area contributed by atoms with Gasteiger partial charge in [-0.15, -0.1) is 10.2 Å². The number of carbonyl (C=O) groups excluding carboxylic acids is 3. The van der Waals surface area contributed by atoms with E-state index in [1.807, 2.05) is 0 Å². The zero-order chi connectivity index (χ0) is 43.0. The fourth-order valence-corrected chi connectivity index (χ4v) is 9.14. The standard InChI is InChI=1S/C39H36ClN5O12S2/c1-6-44(7-2)58(50,51)21-15-16-29(55-3)28(17-21)42-43-35-24-13-10-14-32(59(52,53)54)33(24)25(20-45-38(48)22-11-8-9-12-23(22)39(45)49)34(36(35)46)37(47)41-27-18-26(40)30(56-4)19-31(27)57-5/h8-19,46H,6-7,20H2,1-5H3,(H,41,47)(H,52,53,54). The molecule has 308 valence electrons. The van der Waals surface area contributed by atoms with Gasteiger partial charge in [0.2, 0.25) is 10.0 Å². The zero-order valence-electron chi connectivity index (χ0n) is 32.0. The molecule has 0 fully saturated rings. The number of anilines is 1. The Kier molecular flexibility index (Phi) is 12.0. The van der Waals surface area contributed by atoms with E-state index in [2.05, 4.69) is 15.5 Å². The van der Waals surface area contributed by atoms with Crippen LogP contribution in [-0.4, -0.2) is 87.8 Å². The molecule has 0 aromatic heterocycles. The molecule has 1 aliphatic rings.